The summed E-state index contributed by atoms with van der Waals surface area (Å²) < 4.78 is 0. The van der Waals surface area contributed by atoms with Crippen molar-refractivity contribution >= 4 is 23.5 Å². The van der Waals surface area contributed by atoms with Gasteiger partial charge in [0.15, 0.2) is 5.78 Å². The Bertz CT molecular complexity index is 678. The fourth-order valence-corrected chi connectivity index (χ4v) is 3.70. The van der Waals surface area contributed by atoms with Crippen LogP contribution in [-0.2, 0) is 11.2 Å². The highest BCUT2D eigenvalue weighted by Crippen LogP contribution is 2.25. The lowest BCUT2D eigenvalue weighted by Crippen LogP contribution is -2.41. The largest absolute Gasteiger partial charge is 0.481 e. The van der Waals surface area contributed by atoms with Gasteiger partial charge in [0.25, 0.3) is 0 Å². The Balaban J connectivity index is 1.57. The maximum Gasteiger partial charge on any atom is 0.319 e. The van der Waals surface area contributed by atoms with Crippen LogP contribution in [0.3, 0.4) is 0 Å². The number of Topliss-reactive ketones (excluding diaryl/α,β-unsaturated/α-hetero) is 1. The van der Waals surface area contributed by atoms with Crippen molar-refractivity contribution < 1.29 is 19.5 Å². The number of amides is 2. The topological polar surface area (TPSA) is 95.5 Å². The molecule has 1 saturated carbocycles. The van der Waals surface area contributed by atoms with E-state index in [4.69, 9.17) is 5.11 Å². The number of carboxylic acid groups (broad SMARTS) is 1. The van der Waals surface area contributed by atoms with Crippen molar-refractivity contribution in [3.8, 4) is 0 Å². The number of urea groups is 1. The van der Waals surface area contributed by atoms with Crippen LogP contribution in [0, 0.1) is 5.92 Å². The number of aliphatic carboxylic acids is 1. The van der Waals surface area contributed by atoms with Gasteiger partial charge in [0.05, 0.1) is 5.92 Å². The van der Waals surface area contributed by atoms with Gasteiger partial charge in [-0.1, -0.05) is 6.07 Å². The Hall–Kier alpha value is -2.37. The minimum atomic E-state index is -0.752. The molecule has 0 heterocycles. The summed E-state index contributed by atoms with van der Waals surface area (Å²) in [4.78, 5) is 35.3. The molecular weight excluding hydrogens is 320 g/mol. The van der Waals surface area contributed by atoms with Gasteiger partial charge in [0, 0.05) is 23.7 Å². The molecule has 134 valence electrons. The van der Waals surface area contributed by atoms with Crippen LogP contribution < -0.4 is 10.6 Å². The van der Waals surface area contributed by atoms with Gasteiger partial charge in [-0.05, 0) is 62.6 Å². The molecule has 0 aliphatic heterocycles. The fraction of sp³-hybridized carbons (Fsp3) is 0.526. The molecule has 2 aliphatic carbocycles. The number of aryl methyl sites for hydroxylation is 1. The third-order valence-electron chi connectivity index (χ3n) is 5.18. The summed E-state index contributed by atoms with van der Waals surface area (Å²) in [6.07, 6.45) is 5.93. The van der Waals surface area contributed by atoms with Crippen LogP contribution in [-0.4, -0.2) is 28.9 Å². The Kier molecular flexibility index (Phi) is 5.36. The molecule has 3 rings (SSSR count). The molecule has 1 aromatic rings. The van der Waals surface area contributed by atoms with Crippen LogP contribution in [0.1, 0.15) is 60.9 Å². The van der Waals surface area contributed by atoms with E-state index in [1.54, 1.807) is 6.07 Å². The number of carboxylic acids is 1. The average molecular weight is 344 g/mol. The first-order chi connectivity index (χ1) is 12.0. The second kappa shape index (κ2) is 7.68. The van der Waals surface area contributed by atoms with Gasteiger partial charge in [-0.2, -0.15) is 0 Å². The number of ketones is 1. The molecule has 2 aliphatic rings. The lowest BCUT2D eigenvalue weighted by atomic mass is 9.86. The van der Waals surface area contributed by atoms with Crippen molar-refractivity contribution in [2.24, 2.45) is 5.92 Å². The molecule has 1 fully saturated rings. The molecule has 3 N–H and O–H groups in total. The summed E-state index contributed by atoms with van der Waals surface area (Å²) in [5.74, 6) is -0.905. The van der Waals surface area contributed by atoms with Crippen molar-refractivity contribution in [3.05, 3.63) is 29.3 Å². The summed E-state index contributed by atoms with van der Waals surface area (Å²) in [7, 11) is 0. The smallest absolute Gasteiger partial charge is 0.319 e. The van der Waals surface area contributed by atoms with Crippen LogP contribution in [0.4, 0.5) is 10.5 Å². The van der Waals surface area contributed by atoms with E-state index in [0.717, 1.165) is 30.4 Å². The number of rotatable bonds is 3. The van der Waals surface area contributed by atoms with E-state index in [2.05, 4.69) is 10.6 Å². The molecule has 25 heavy (non-hydrogen) atoms. The summed E-state index contributed by atoms with van der Waals surface area (Å²) in [6, 6.07) is 5.21. The molecule has 6 heteroatoms. The number of carbonyl (C=O) groups excluding carboxylic acids is 2. The molecule has 0 atom stereocenters. The Morgan fingerprint density at radius 1 is 1.04 bits per heavy atom. The Morgan fingerprint density at radius 3 is 2.48 bits per heavy atom. The zero-order valence-corrected chi connectivity index (χ0v) is 14.2. The number of hydrogen-bond acceptors (Lipinski definition) is 3. The fourth-order valence-electron chi connectivity index (χ4n) is 3.70. The number of hydrogen-bond donors (Lipinski definition) is 3. The predicted octanol–water partition coefficient (Wildman–Crippen LogP) is 3.36. The van der Waals surface area contributed by atoms with E-state index in [9.17, 15) is 14.4 Å². The van der Waals surface area contributed by atoms with Crippen molar-refractivity contribution in [2.75, 3.05) is 5.32 Å². The van der Waals surface area contributed by atoms with Gasteiger partial charge in [0.1, 0.15) is 0 Å². The summed E-state index contributed by atoms with van der Waals surface area (Å²) in [5, 5.41) is 14.7. The minimum absolute atomic E-state index is 0.00180. The van der Waals surface area contributed by atoms with Gasteiger partial charge in [-0.25, -0.2) is 4.79 Å². The Labute approximate surface area is 147 Å². The van der Waals surface area contributed by atoms with Crippen molar-refractivity contribution in [2.45, 2.75) is 57.4 Å². The monoisotopic (exact) mass is 344 g/mol. The zero-order valence-electron chi connectivity index (χ0n) is 14.2. The molecule has 2 amide bonds. The van der Waals surface area contributed by atoms with Crippen molar-refractivity contribution in [1.29, 1.82) is 0 Å². The maximum atomic E-state index is 12.2. The van der Waals surface area contributed by atoms with Crippen LogP contribution in [0.5, 0.6) is 0 Å². The molecule has 0 saturated heterocycles. The van der Waals surface area contributed by atoms with E-state index < -0.39 is 5.97 Å². The number of anilines is 1. The normalized spacial score (nSPS) is 23.3. The molecule has 0 bridgehead atoms. The van der Waals surface area contributed by atoms with Gasteiger partial charge in [0.2, 0.25) is 0 Å². The molecule has 0 aromatic heterocycles. The molecule has 0 radical (unpaired) electrons. The SMILES string of the molecule is O=C(Nc1ccc2c(c1)C(=O)CCCC2)NC1CCC(C(=O)O)CC1. The average Bonchev–Trinajstić information content (AvgIpc) is 2.77. The highest BCUT2D eigenvalue weighted by atomic mass is 16.4. The number of nitrogens with one attached hydrogen (secondary N) is 2. The molecule has 0 unspecified atom stereocenters. The predicted molar refractivity (Wildman–Crippen MR) is 93.9 cm³/mol. The van der Waals surface area contributed by atoms with Crippen LogP contribution in [0.2, 0.25) is 0 Å². The highest BCUT2D eigenvalue weighted by Gasteiger charge is 2.26. The van der Waals surface area contributed by atoms with Gasteiger partial charge >= 0.3 is 12.0 Å². The maximum absolute atomic E-state index is 12.2. The summed E-state index contributed by atoms with van der Waals surface area (Å²) in [5.41, 5.74) is 2.39. The summed E-state index contributed by atoms with van der Waals surface area (Å²) in [6.45, 7) is 0. The second-order valence-electron chi connectivity index (χ2n) is 6.99. The van der Waals surface area contributed by atoms with Crippen molar-refractivity contribution in [3.63, 3.8) is 0 Å². The number of benzene rings is 1. The Morgan fingerprint density at radius 2 is 1.76 bits per heavy atom. The first-order valence-electron chi connectivity index (χ1n) is 8.99. The lowest BCUT2D eigenvalue weighted by molar-refractivity contribution is -0.142. The molecule has 6 nitrogen and oxygen atoms in total. The van der Waals surface area contributed by atoms with Crippen molar-refractivity contribution in [1.82, 2.24) is 5.32 Å². The quantitative estimate of drug-likeness (QED) is 0.733. The van der Waals surface area contributed by atoms with Crippen LogP contribution in [0.15, 0.2) is 18.2 Å². The third-order valence-corrected chi connectivity index (χ3v) is 5.18. The van der Waals surface area contributed by atoms with E-state index in [1.165, 1.54) is 0 Å². The molecular formula is C19H24N2O4. The van der Waals surface area contributed by atoms with Gasteiger partial charge in [-0.15, -0.1) is 0 Å². The zero-order chi connectivity index (χ0) is 17.8. The molecule has 1 aromatic carbocycles. The third kappa shape index (κ3) is 4.38. The standard InChI is InChI=1S/C19H24N2O4/c22-17-4-2-1-3-12-5-10-15(11-16(12)17)21-19(25)20-14-8-6-13(7-9-14)18(23)24/h5,10-11,13-14H,1-4,6-9H2,(H,23,24)(H2,20,21,25). The van der Waals surface area contributed by atoms with E-state index >= 15 is 0 Å². The van der Waals surface area contributed by atoms with E-state index in [0.29, 0.717) is 37.8 Å². The second-order valence-corrected chi connectivity index (χ2v) is 6.99. The lowest BCUT2D eigenvalue weighted by Gasteiger charge is -2.26. The number of fused-ring (bicyclic) bond motifs is 1. The first-order valence-corrected chi connectivity index (χ1v) is 8.99. The van der Waals surface area contributed by atoms with Gasteiger partial charge < -0.3 is 15.7 Å². The van der Waals surface area contributed by atoms with Crippen LogP contribution in [0.25, 0.3) is 0 Å². The number of carbonyl (C=O) groups is 3. The van der Waals surface area contributed by atoms with Crippen LogP contribution >= 0.6 is 0 Å². The summed E-state index contributed by atoms with van der Waals surface area (Å²) >= 11 is 0. The first kappa shape index (κ1) is 17.5. The minimum Gasteiger partial charge on any atom is -0.481 e. The highest BCUT2D eigenvalue weighted by molar-refractivity contribution is 5.99. The van der Waals surface area contributed by atoms with Gasteiger partial charge in [-0.3, -0.25) is 9.59 Å². The molecule has 0 spiro atoms. The van der Waals surface area contributed by atoms with E-state index in [-0.39, 0.29) is 23.8 Å². The van der Waals surface area contributed by atoms with E-state index in [1.807, 2.05) is 12.1 Å².